The molecule has 1 N–H and O–H groups in total. The Morgan fingerprint density at radius 2 is 2.36 bits per heavy atom. The standard InChI is InChI=1S/C8H14O3/c1-2-11-7-4-3-6(5-7)8(9)10/h6-7H,2-5H2,1H3,(H,9,10)/t6-,7-/m1/s1. The Morgan fingerprint density at radius 3 is 2.82 bits per heavy atom. The molecule has 3 nitrogen and oxygen atoms in total. The highest BCUT2D eigenvalue weighted by atomic mass is 16.5. The molecule has 0 bridgehead atoms. The average Bonchev–Trinajstić information content (AvgIpc) is 2.37. The lowest BCUT2D eigenvalue weighted by Crippen LogP contribution is -2.13. The van der Waals surface area contributed by atoms with E-state index in [-0.39, 0.29) is 12.0 Å². The van der Waals surface area contributed by atoms with Crippen LogP contribution in [0.4, 0.5) is 0 Å². The Balaban J connectivity index is 2.29. The first-order valence-corrected chi connectivity index (χ1v) is 4.08. The second kappa shape index (κ2) is 3.72. The summed E-state index contributed by atoms with van der Waals surface area (Å²) in [7, 11) is 0. The lowest BCUT2D eigenvalue weighted by Gasteiger charge is -2.08. The molecule has 0 saturated heterocycles. The van der Waals surface area contributed by atoms with Gasteiger partial charge in [-0.25, -0.2) is 0 Å². The number of carboxylic acids is 1. The van der Waals surface area contributed by atoms with Gasteiger partial charge < -0.3 is 9.84 Å². The van der Waals surface area contributed by atoms with Crippen molar-refractivity contribution in [3.05, 3.63) is 0 Å². The molecule has 2 atom stereocenters. The van der Waals surface area contributed by atoms with Gasteiger partial charge in [-0.3, -0.25) is 4.79 Å². The Bertz CT molecular complexity index is 144. The highest BCUT2D eigenvalue weighted by Crippen LogP contribution is 2.27. The molecule has 0 aromatic heterocycles. The van der Waals surface area contributed by atoms with Crippen LogP contribution < -0.4 is 0 Å². The van der Waals surface area contributed by atoms with Crippen LogP contribution >= 0.6 is 0 Å². The van der Waals surface area contributed by atoms with E-state index in [1.54, 1.807) is 0 Å². The maximum absolute atomic E-state index is 10.5. The molecule has 1 rings (SSSR count). The summed E-state index contributed by atoms with van der Waals surface area (Å²) in [6, 6.07) is 0. The summed E-state index contributed by atoms with van der Waals surface area (Å²) in [4.78, 5) is 10.5. The summed E-state index contributed by atoms with van der Waals surface area (Å²) in [6.45, 7) is 2.63. The highest BCUT2D eigenvalue weighted by Gasteiger charge is 2.29. The second-order valence-electron chi connectivity index (χ2n) is 2.93. The van der Waals surface area contributed by atoms with Crippen molar-refractivity contribution in [1.29, 1.82) is 0 Å². The van der Waals surface area contributed by atoms with E-state index in [0.717, 1.165) is 12.8 Å². The van der Waals surface area contributed by atoms with Gasteiger partial charge in [0.1, 0.15) is 0 Å². The third kappa shape index (κ3) is 2.19. The number of hydrogen-bond acceptors (Lipinski definition) is 2. The molecule has 3 heteroatoms. The number of aliphatic carboxylic acids is 1. The monoisotopic (exact) mass is 158 g/mol. The van der Waals surface area contributed by atoms with Crippen LogP contribution in [0.3, 0.4) is 0 Å². The van der Waals surface area contributed by atoms with Crippen molar-refractivity contribution in [3.8, 4) is 0 Å². The van der Waals surface area contributed by atoms with Gasteiger partial charge in [-0.05, 0) is 26.2 Å². The van der Waals surface area contributed by atoms with Crippen molar-refractivity contribution in [1.82, 2.24) is 0 Å². The number of hydrogen-bond donors (Lipinski definition) is 1. The molecular formula is C8H14O3. The molecule has 11 heavy (non-hydrogen) atoms. The maximum Gasteiger partial charge on any atom is 0.306 e. The quantitative estimate of drug-likeness (QED) is 0.673. The van der Waals surface area contributed by atoms with Crippen LogP contribution in [0.5, 0.6) is 0 Å². The van der Waals surface area contributed by atoms with E-state index in [2.05, 4.69) is 0 Å². The van der Waals surface area contributed by atoms with Crippen molar-refractivity contribution < 1.29 is 14.6 Å². The van der Waals surface area contributed by atoms with Gasteiger partial charge in [0.15, 0.2) is 0 Å². The topological polar surface area (TPSA) is 46.5 Å². The number of rotatable bonds is 3. The van der Waals surface area contributed by atoms with Crippen molar-refractivity contribution in [2.75, 3.05) is 6.61 Å². The highest BCUT2D eigenvalue weighted by molar-refractivity contribution is 5.70. The molecule has 0 heterocycles. The van der Waals surface area contributed by atoms with Crippen LogP contribution in [0.1, 0.15) is 26.2 Å². The summed E-state index contributed by atoms with van der Waals surface area (Å²) in [6.07, 6.45) is 2.58. The predicted molar refractivity (Wildman–Crippen MR) is 40.4 cm³/mol. The predicted octanol–water partition coefficient (Wildman–Crippen LogP) is 1.28. The molecule has 1 aliphatic carbocycles. The van der Waals surface area contributed by atoms with Crippen LogP contribution in [0.25, 0.3) is 0 Å². The minimum atomic E-state index is -0.674. The summed E-state index contributed by atoms with van der Waals surface area (Å²) >= 11 is 0. The van der Waals surface area contributed by atoms with Gasteiger partial charge in [-0.2, -0.15) is 0 Å². The Hall–Kier alpha value is -0.570. The zero-order valence-electron chi connectivity index (χ0n) is 6.75. The summed E-state index contributed by atoms with van der Waals surface area (Å²) in [5, 5.41) is 8.64. The van der Waals surface area contributed by atoms with Crippen LogP contribution in [0.15, 0.2) is 0 Å². The van der Waals surface area contributed by atoms with Gasteiger partial charge in [-0.1, -0.05) is 0 Å². The molecule has 0 unspecified atom stereocenters. The van der Waals surface area contributed by atoms with Gasteiger partial charge in [-0.15, -0.1) is 0 Å². The van der Waals surface area contributed by atoms with E-state index < -0.39 is 5.97 Å². The van der Waals surface area contributed by atoms with Crippen LogP contribution in [-0.4, -0.2) is 23.8 Å². The van der Waals surface area contributed by atoms with Gasteiger partial charge in [0.2, 0.25) is 0 Å². The molecule has 64 valence electrons. The third-order valence-corrected chi connectivity index (χ3v) is 2.14. The van der Waals surface area contributed by atoms with Crippen LogP contribution in [0, 0.1) is 5.92 Å². The number of carboxylic acid groups (broad SMARTS) is 1. The normalized spacial score (nSPS) is 30.6. The lowest BCUT2D eigenvalue weighted by molar-refractivity contribution is -0.141. The molecule has 1 saturated carbocycles. The third-order valence-electron chi connectivity index (χ3n) is 2.14. The zero-order chi connectivity index (χ0) is 8.27. The SMILES string of the molecule is CCO[C@@H]1CC[C@@H](C(=O)O)C1. The van der Waals surface area contributed by atoms with E-state index in [1.807, 2.05) is 6.92 Å². The summed E-state index contributed by atoms with van der Waals surface area (Å²) in [5.41, 5.74) is 0. The summed E-state index contributed by atoms with van der Waals surface area (Å²) in [5.74, 6) is -0.834. The molecule has 0 aliphatic heterocycles. The first kappa shape index (κ1) is 8.53. The minimum Gasteiger partial charge on any atom is -0.481 e. The number of carbonyl (C=O) groups is 1. The smallest absolute Gasteiger partial charge is 0.306 e. The molecule has 0 amide bonds. The second-order valence-corrected chi connectivity index (χ2v) is 2.93. The van der Waals surface area contributed by atoms with E-state index in [1.165, 1.54) is 0 Å². The van der Waals surface area contributed by atoms with Crippen LogP contribution in [-0.2, 0) is 9.53 Å². The van der Waals surface area contributed by atoms with Gasteiger partial charge >= 0.3 is 5.97 Å². The molecule has 0 aromatic rings. The minimum absolute atomic E-state index is 0.161. The summed E-state index contributed by atoms with van der Waals surface area (Å²) < 4.78 is 5.32. The van der Waals surface area contributed by atoms with Gasteiger partial charge in [0.05, 0.1) is 12.0 Å². The fraction of sp³-hybridized carbons (Fsp3) is 0.875. The van der Waals surface area contributed by atoms with Crippen LogP contribution in [0.2, 0.25) is 0 Å². The Morgan fingerprint density at radius 1 is 1.64 bits per heavy atom. The fourth-order valence-corrected chi connectivity index (χ4v) is 1.55. The van der Waals surface area contributed by atoms with E-state index >= 15 is 0 Å². The molecule has 0 radical (unpaired) electrons. The molecule has 0 aromatic carbocycles. The van der Waals surface area contributed by atoms with E-state index in [9.17, 15) is 4.79 Å². The van der Waals surface area contributed by atoms with Gasteiger partial charge in [0, 0.05) is 6.61 Å². The molecule has 1 aliphatic rings. The average molecular weight is 158 g/mol. The van der Waals surface area contributed by atoms with E-state index in [0.29, 0.717) is 13.0 Å². The van der Waals surface area contributed by atoms with Crippen molar-refractivity contribution in [3.63, 3.8) is 0 Å². The first-order valence-electron chi connectivity index (χ1n) is 4.08. The van der Waals surface area contributed by atoms with Crippen molar-refractivity contribution in [2.24, 2.45) is 5.92 Å². The Kier molecular flexibility index (Phi) is 2.88. The molecule has 1 fully saturated rings. The van der Waals surface area contributed by atoms with Crippen molar-refractivity contribution >= 4 is 5.97 Å². The van der Waals surface area contributed by atoms with Crippen molar-refractivity contribution in [2.45, 2.75) is 32.3 Å². The maximum atomic E-state index is 10.5. The largest absolute Gasteiger partial charge is 0.481 e. The van der Waals surface area contributed by atoms with E-state index in [4.69, 9.17) is 9.84 Å². The lowest BCUT2D eigenvalue weighted by atomic mass is 10.1. The Labute approximate surface area is 66.4 Å². The zero-order valence-corrected chi connectivity index (χ0v) is 6.75. The molecular weight excluding hydrogens is 144 g/mol. The molecule has 0 spiro atoms. The fourth-order valence-electron chi connectivity index (χ4n) is 1.55. The first-order chi connectivity index (χ1) is 5.24. The number of ether oxygens (including phenoxy) is 1. The van der Waals surface area contributed by atoms with Gasteiger partial charge in [0.25, 0.3) is 0 Å².